The smallest absolute Gasteiger partial charge is 0.357 e. The SMILES string of the molecule is [2H]c1cc(C)ccc1-c1ccnnc1C(=O)O. The molecular formula is C12H10N2O2. The molecule has 0 amide bonds. The van der Waals surface area contributed by atoms with E-state index in [4.69, 9.17) is 6.48 Å². The second kappa shape index (κ2) is 4.10. The highest BCUT2D eigenvalue weighted by Crippen LogP contribution is 2.21. The standard InChI is InChI=1S/C12H10N2O2/c1-8-2-4-9(5-3-8)10-6-7-13-14-11(10)12(15)16/h2-7H,1H3,(H,15,16)/i4D. The predicted octanol–water partition coefficient (Wildman–Crippen LogP) is 2.15. The molecule has 0 aliphatic carbocycles. The van der Waals surface area contributed by atoms with E-state index in [1.807, 2.05) is 13.0 Å². The Morgan fingerprint density at radius 3 is 2.88 bits per heavy atom. The lowest BCUT2D eigenvalue weighted by atomic mass is 10.0. The number of rotatable bonds is 2. The zero-order valence-electron chi connectivity index (χ0n) is 9.64. The first-order valence-corrected chi connectivity index (χ1v) is 4.72. The van der Waals surface area contributed by atoms with Crippen molar-refractivity contribution in [3.63, 3.8) is 0 Å². The number of nitrogens with zero attached hydrogens (tertiary/aromatic N) is 2. The fraction of sp³-hybridized carbons (Fsp3) is 0.0833. The van der Waals surface area contributed by atoms with E-state index in [-0.39, 0.29) is 11.7 Å². The number of aryl methyl sites for hydroxylation is 1. The zero-order valence-corrected chi connectivity index (χ0v) is 8.64. The van der Waals surface area contributed by atoms with Crippen molar-refractivity contribution in [1.82, 2.24) is 10.2 Å². The molecule has 4 nitrogen and oxygen atoms in total. The van der Waals surface area contributed by atoms with E-state index in [0.717, 1.165) is 5.56 Å². The highest BCUT2D eigenvalue weighted by Gasteiger charge is 2.12. The summed E-state index contributed by atoms with van der Waals surface area (Å²) in [5, 5.41) is 16.1. The molecule has 1 N–H and O–H groups in total. The van der Waals surface area contributed by atoms with Crippen molar-refractivity contribution in [2.24, 2.45) is 0 Å². The van der Waals surface area contributed by atoms with E-state index in [1.54, 1.807) is 18.2 Å². The van der Waals surface area contributed by atoms with E-state index < -0.39 is 5.97 Å². The van der Waals surface area contributed by atoms with Crippen LogP contribution in [0.3, 0.4) is 0 Å². The van der Waals surface area contributed by atoms with Crippen LogP contribution in [0.15, 0.2) is 36.5 Å². The molecule has 0 spiro atoms. The summed E-state index contributed by atoms with van der Waals surface area (Å²) in [6.45, 7) is 1.88. The third kappa shape index (κ3) is 1.91. The van der Waals surface area contributed by atoms with Gasteiger partial charge in [0.2, 0.25) is 0 Å². The molecule has 0 bridgehead atoms. The topological polar surface area (TPSA) is 63.1 Å². The molecule has 0 saturated carbocycles. The Balaban J connectivity index is 2.64. The molecule has 0 fully saturated rings. The summed E-state index contributed by atoms with van der Waals surface area (Å²) >= 11 is 0. The van der Waals surface area contributed by atoms with Gasteiger partial charge in [-0.15, -0.1) is 5.10 Å². The maximum atomic E-state index is 11.0. The summed E-state index contributed by atoms with van der Waals surface area (Å²) in [7, 11) is 0. The number of carboxylic acid groups (broad SMARTS) is 1. The Labute approximate surface area is 94.0 Å². The number of carbonyl (C=O) groups is 1. The monoisotopic (exact) mass is 215 g/mol. The molecule has 1 aromatic heterocycles. The molecule has 0 radical (unpaired) electrons. The van der Waals surface area contributed by atoms with Gasteiger partial charge in [-0.1, -0.05) is 29.8 Å². The molecule has 1 aromatic carbocycles. The Bertz CT molecular complexity index is 584. The van der Waals surface area contributed by atoms with Gasteiger partial charge in [-0.3, -0.25) is 0 Å². The minimum atomic E-state index is -1.15. The highest BCUT2D eigenvalue weighted by molar-refractivity contribution is 5.93. The van der Waals surface area contributed by atoms with Gasteiger partial charge < -0.3 is 5.11 Å². The summed E-state index contributed by atoms with van der Waals surface area (Å²) < 4.78 is 7.85. The first kappa shape index (κ1) is 9.03. The third-order valence-electron chi connectivity index (χ3n) is 2.18. The molecule has 1 heterocycles. The van der Waals surface area contributed by atoms with Crippen molar-refractivity contribution in [1.29, 1.82) is 0 Å². The minimum absolute atomic E-state index is 0.134. The van der Waals surface area contributed by atoms with E-state index in [0.29, 0.717) is 11.1 Å². The van der Waals surface area contributed by atoms with Crippen LogP contribution in [0.4, 0.5) is 0 Å². The number of carboxylic acids is 1. The van der Waals surface area contributed by atoms with Crippen LogP contribution >= 0.6 is 0 Å². The molecule has 2 aromatic rings. The van der Waals surface area contributed by atoms with Crippen molar-refractivity contribution >= 4 is 5.97 Å². The third-order valence-corrected chi connectivity index (χ3v) is 2.18. The maximum absolute atomic E-state index is 11.0. The fourth-order valence-electron chi connectivity index (χ4n) is 1.38. The lowest BCUT2D eigenvalue weighted by Crippen LogP contribution is -2.04. The summed E-state index contributed by atoms with van der Waals surface area (Å²) in [5.74, 6) is -1.15. The average molecular weight is 215 g/mol. The molecule has 0 aliphatic rings. The van der Waals surface area contributed by atoms with Crippen LogP contribution in [0.25, 0.3) is 11.1 Å². The fourth-order valence-corrected chi connectivity index (χ4v) is 1.38. The Morgan fingerprint density at radius 2 is 2.19 bits per heavy atom. The molecule has 0 saturated heterocycles. The van der Waals surface area contributed by atoms with Gasteiger partial charge in [0.15, 0.2) is 5.69 Å². The van der Waals surface area contributed by atoms with E-state index in [9.17, 15) is 4.79 Å². The first-order valence-electron chi connectivity index (χ1n) is 5.22. The van der Waals surface area contributed by atoms with Crippen LogP contribution in [-0.2, 0) is 0 Å². The molecule has 2 rings (SSSR count). The molecule has 0 atom stereocenters. The van der Waals surface area contributed by atoms with E-state index >= 15 is 0 Å². The summed E-state index contributed by atoms with van der Waals surface area (Å²) in [4.78, 5) is 11.0. The molecule has 0 unspecified atom stereocenters. The molecule has 16 heavy (non-hydrogen) atoms. The molecule has 0 aliphatic heterocycles. The van der Waals surface area contributed by atoms with Crippen LogP contribution in [0.1, 0.15) is 17.4 Å². The summed E-state index contributed by atoms with van der Waals surface area (Å²) in [5.41, 5.74) is 1.78. The van der Waals surface area contributed by atoms with Gasteiger partial charge in [-0.25, -0.2) is 4.79 Å². The van der Waals surface area contributed by atoms with Crippen molar-refractivity contribution in [3.8, 4) is 11.1 Å². The van der Waals surface area contributed by atoms with Crippen LogP contribution in [0, 0.1) is 6.92 Å². The number of aromatic nitrogens is 2. The van der Waals surface area contributed by atoms with Crippen molar-refractivity contribution in [3.05, 3.63) is 47.8 Å². The average Bonchev–Trinajstić information content (AvgIpc) is 2.29. The highest BCUT2D eigenvalue weighted by atomic mass is 16.4. The van der Waals surface area contributed by atoms with Crippen LogP contribution in [0.5, 0.6) is 0 Å². The minimum Gasteiger partial charge on any atom is -0.476 e. The van der Waals surface area contributed by atoms with Crippen molar-refractivity contribution in [2.75, 3.05) is 0 Å². The predicted molar refractivity (Wildman–Crippen MR) is 59.2 cm³/mol. The summed E-state index contributed by atoms with van der Waals surface area (Å²) in [6.07, 6.45) is 1.42. The largest absolute Gasteiger partial charge is 0.476 e. The van der Waals surface area contributed by atoms with Gasteiger partial charge in [-0.2, -0.15) is 5.10 Å². The quantitative estimate of drug-likeness (QED) is 0.833. The Morgan fingerprint density at radius 1 is 1.38 bits per heavy atom. The first-order chi connectivity index (χ1) is 8.09. The van der Waals surface area contributed by atoms with Gasteiger partial charge >= 0.3 is 5.97 Å². The zero-order chi connectivity index (χ0) is 12.4. The number of hydrogen-bond acceptors (Lipinski definition) is 3. The molecule has 80 valence electrons. The van der Waals surface area contributed by atoms with Gasteiger partial charge in [0.25, 0.3) is 0 Å². The lowest BCUT2D eigenvalue weighted by Gasteiger charge is -2.04. The van der Waals surface area contributed by atoms with Gasteiger partial charge in [0.1, 0.15) is 0 Å². The lowest BCUT2D eigenvalue weighted by molar-refractivity contribution is 0.0690. The van der Waals surface area contributed by atoms with Gasteiger partial charge in [0.05, 0.1) is 7.57 Å². The Hall–Kier alpha value is -2.23. The number of hydrogen-bond donors (Lipinski definition) is 1. The van der Waals surface area contributed by atoms with Crippen LogP contribution in [-0.4, -0.2) is 21.3 Å². The number of aromatic carboxylic acids is 1. The molecule has 4 heteroatoms. The maximum Gasteiger partial charge on any atom is 0.357 e. The van der Waals surface area contributed by atoms with Gasteiger partial charge in [-0.05, 0) is 18.6 Å². The van der Waals surface area contributed by atoms with E-state index in [1.165, 1.54) is 6.20 Å². The molecular weight excluding hydrogens is 204 g/mol. The Kier molecular flexibility index (Phi) is 2.31. The second-order valence-corrected chi connectivity index (χ2v) is 3.38. The number of benzene rings is 1. The van der Waals surface area contributed by atoms with Gasteiger partial charge in [0, 0.05) is 5.56 Å². The van der Waals surface area contributed by atoms with E-state index in [2.05, 4.69) is 10.2 Å². The van der Waals surface area contributed by atoms with Crippen molar-refractivity contribution < 1.29 is 11.3 Å². The van der Waals surface area contributed by atoms with Crippen LogP contribution in [0.2, 0.25) is 0 Å². The summed E-state index contributed by atoms with van der Waals surface area (Å²) in [6, 6.07) is 7.07. The van der Waals surface area contributed by atoms with Crippen molar-refractivity contribution in [2.45, 2.75) is 6.92 Å². The second-order valence-electron chi connectivity index (χ2n) is 3.38. The van der Waals surface area contributed by atoms with Crippen LogP contribution < -0.4 is 0 Å². The normalized spacial score (nSPS) is 10.9.